The molecule has 1 aromatic heterocycles. The zero-order valence-corrected chi connectivity index (χ0v) is 11.0. The van der Waals surface area contributed by atoms with Crippen LogP contribution in [0.15, 0.2) is 23.6 Å². The van der Waals surface area contributed by atoms with Crippen molar-refractivity contribution in [1.29, 1.82) is 0 Å². The van der Waals surface area contributed by atoms with Gasteiger partial charge in [-0.2, -0.15) is 12.6 Å². The van der Waals surface area contributed by atoms with E-state index >= 15 is 0 Å². The Hall–Kier alpha value is -1.07. The Morgan fingerprint density at radius 1 is 1.47 bits per heavy atom. The maximum Gasteiger partial charge on any atom is 0.165 e. The molecule has 0 aliphatic rings. The molecular formula is C12H12FNOS2. The van der Waals surface area contributed by atoms with Crippen LogP contribution in [0.3, 0.4) is 0 Å². The van der Waals surface area contributed by atoms with Crippen molar-refractivity contribution in [3.05, 3.63) is 34.4 Å². The summed E-state index contributed by atoms with van der Waals surface area (Å²) in [6.07, 6.45) is 0. The average molecular weight is 269 g/mol. The number of benzene rings is 1. The molecule has 1 aromatic carbocycles. The third-order valence-electron chi connectivity index (χ3n) is 2.21. The number of aromatic nitrogens is 1. The van der Waals surface area contributed by atoms with E-state index in [9.17, 15) is 4.39 Å². The Labute approximate surface area is 109 Å². The molecule has 90 valence electrons. The second-order valence-electron chi connectivity index (χ2n) is 3.36. The minimum atomic E-state index is -0.357. The second kappa shape index (κ2) is 5.51. The van der Waals surface area contributed by atoms with E-state index in [0.29, 0.717) is 12.4 Å². The molecule has 0 unspecified atom stereocenters. The average Bonchev–Trinajstić information content (AvgIpc) is 2.80. The summed E-state index contributed by atoms with van der Waals surface area (Å²) >= 11 is 5.68. The van der Waals surface area contributed by atoms with Gasteiger partial charge in [0, 0.05) is 16.7 Å². The van der Waals surface area contributed by atoms with Crippen LogP contribution in [-0.4, -0.2) is 11.6 Å². The molecule has 0 amide bonds. The predicted molar refractivity (Wildman–Crippen MR) is 71.4 cm³/mol. The van der Waals surface area contributed by atoms with Gasteiger partial charge in [-0.3, -0.25) is 0 Å². The van der Waals surface area contributed by atoms with Crippen LogP contribution in [0.1, 0.15) is 11.9 Å². The highest BCUT2D eigenvalue weighted by Gasteiger charge is 2.08. The number of nitrogens with zero attached hydrogens (tertiary/aromatic N) is 1. The van der Waals surface area contributed by atoms with Gasteiger partial charge < -0.3 is 4.74 Å². The Balaban J connectivity index is 2.30. The number of thiazole rings is 1. The molecule has 0 spiro atoms. The summed E-state index contributed by atoms with van der Waals surface area (Å²) in [5.41, 5.74) is 1.54. The van der Waals surface area contributed by atoms with Crippen LogP contribution < -0.4 is 4.74 Å². The molecule has 0 saturated carbocycles. The Morgan fingerprint density at radius 3 is 2.88 bits per heavy atom. The number of ether oxygens (including phenoxy) is 1. The molecule has 0 fully saturated rings. The van der Waals surface area contributed by atoms with Crippen molar-refractivity contribution in [2.24, 2.45) is 0 Å². The molecule has 5 heteroatoms. The molecule has 0 saturated heterocycles. The highest BCUT2D eigenvalue weighted by atomic mass is 32.1. The first-order valence-electron chi connectivity index (χ1n) is 5.22. The quantitative estimate of drug-likeness (QED) is 0.853. The van der Waals surface area contributed by atoms with Gasteiger partial charge in [0.15, 0.2) is 11.6 Å². The van der Waals surface area contributed by atoms with E-state index in [2.05, 4.69) is 17.6 Å². The first-order valence-corrected chi connectivity index (χ1v) is 6.73. The summed E-state index contributed by atoms with van der Waals surface area (Å²) in [4.78, 5) is 4.35. The third kappa shape index (κ3) is 2.79. The fourth-order valence-corrected chi connectivity index (χ4v) is 2.41. The van der Waals surface area contributed by atoms with E-state index in [4.69, 9.17) is 4.74 Å². The highest BCUT2D eigenvalue weighted by molar-refractivity contribution is 7.79. The van der Waals surface area contributed by atoms with Crippen LogP contribution in [0.2, 0.25) is 0 Å². The maximum atomic E-state index is 13.6. The van der Waals surface area contributed by atoms with Gasteiger partial charge in [-0.25, -0.2) is 9.37 Å². The standard InChI is InChI=1S/C12H12FNOS2/c1-2-15-11-4-3-8(5-9(11)13)10-7-17-12(6-16)14-10/h3-5,7,16H,2,6H2,1H3. The topological polar surface area (TPSA) is 22.1 Å². The van der Waals surface area contributed by atoms with Crippen molar-refractivity contribution >= 4 is 24.0 Å². The van der Waals surface area contributed by atoms with E-state index in [0.717, 1.165) is 16.3 Å². The summed E-state index contributed by atoms with van der Waals surface area (Å²) in [5.74, 6) is 0.523. The fourth-order valence-electron chi connectivity index (χ4n) is 1.45. The minimum Gasteiger partial charge on any atom is -0.491 e. The lowest BCUT2D eigenvalue weighted by atomic mass is 10.1. The molecule has 0 atom stereocenters. The molecule has 0 N–H and O–H groups in total. The zero-order valence-electron chi connectivity index (χ0n) is 9.31. The smallest absolute Gasteiger partial charge is 0.165 e. The van der Waals surface area contributed by atoms with Crippen LogP contribution in [0.25, 0.3) is 11.3 Å². The lowest BCUT2D eigenvalue weighted by Crippen LogP contribution is -1.94. The molecule has 1 heterocycles. The van der Waals surface area contributed by atoms with Crippen molar-refractivity contribution in [2.45, 2.75) is 12.7 Å². The lowest BCUT2D eigenvalue weighted by Gasteiger charge is -2.05. The predicted octanol–water partition coefficient (Wildman–Crippen LogP) is 3.78. The van der Waals surface area contributed by atoms with Crippen molar-refractivity contribution in [1.82, 2.24) is 4.98 Å². The minimum absolute atomic E-state index is 0.279. The summed E-state index contributed by atoms with van der Waals surface area (Å²) in [6, 6.07) is 4.89. The molecule has 2 nitrogen and oxygen atoms in total. The number of thiol groups is 1. The number of hydrogen-bond donors (Lipinski definition) is 1. The van der Waals surface area contributed by atoms with E-state index in [1.165, 1.54) is 17.4 Å². The van der Waals surface area contributed by atoms with Crippen molar-refractivity contribution < 1.29 is 9.13 Å². The van der Waals surface area contributed by atoms with Crippen LogP contribution in [0, 0.1) is 5.82 Å². The molecular weight excluding hydrogens is 257 g/mol. The Bertz CT molecular complexity index is 513. The lowest BCUT2D eigenvalue weighted by molar-refractivity contribution is 0.321. The zero-order chi connectivity index (χ0) is 12.3. The van der Waals surface area contributed by atoms with Crippen molar-refractivity contribution in [2.75, 3.05) is 6.61 Å². The number of rotatable bonds is 4. The van der Waals surface area contributed by atoms with Crippen molar-refractivity contribution in [3.63, 3.8) is 0 Å². The van der Waals surface area contributed by atoms with E-state index in [1.54, 1.807) is 6.07 Å². The summed E-state index contributed by atoms with van der Waals surface area (Å²) in [6.45, 7) is 2.28. The van der Waals surface area contributed by atoms with Crippen molar-refractivity contribution in [3.8, 4) is 17.0 Å². The molecule has 0 bridgehead atoms. The first-order chi connectivity index (χ1) is 8.24. The van der Waals surface area contributed by atoms with E-state index in [-0.39, 0.29) is 11.6 Å². The molecule has 17 heavy (non-hydrogen) atoms. The van der Waals surface area contributed by atoms with Crippen LogP contribution in [-0.2, 0) is 5.75 Å². The third-order valence-corrected chi connectivity index (χ3v) is 3.58. The van der Waals surface area contributed by atoms with Crippen LogP contribution in [0.4, 0.5) is 4.39 Å². The van der Waals surface area contributed by atoms with Crippen LogP contribution in [0.5, 0.6) is 5.75 Å². The Morgan fingerprint density at radius 2 is 2.29 bits per heavy atom. The maximum absolute atomic E-state index is 13.6. The van der Waals surface area contributed by atoms with Crippen LogP contribution >= 0.6 is 24.0 Å². The highest BCUT2D eigenvalue weighted by Crippen LogP contribution is 2.27. The molecule has 0 aliphatic carbocycles. The fraction of sp³-hybridized carbons (Fsp3) is 0.250. The normalized spacial score (nSPS) is 10.5. The SMILES string of the molecule is CCOc1ccc(-c2csc(CS)n2)cc1F. The number of hydrogen-bond acceptors (Lipinski definition) is 4. The monoisotopic (exact) mass is 269 g/mol. The van der Waals surface area contributed by atoms with Gasteiger partial charge in [-0.15, -0.1) is 11.3 Å². The second-order valence-corrected chi connectivity index (χ2v) is 4.62. The first kappa shape index (κ1) is 12.4. The van der Waals surface area contributed by atoms with Gasteiger partial charge in [-0.1, -0.05) is 0 Å². The summed E-state index contributed by atoms with van der Waals surface area (Å²) in [5, 5.41) is 2.83. The molecule has 2 rings (SSSR count). The van der Waals surface area contributed by atoms with Gasteiger partial charge in [-0.05, 0) is 25.1 Å². The summed E-state index contributed by atoms with van der Waals surface area (Å²) < 4.78 is 18.8. The van der Waals surface area contributed by atoms with Gasteiger partial charge >= 0.3 is 0 Å². The molecule has 0 radical (unpaired) electrons. The van der Waals surface area contributed by atoms with Gasteiger partial charge in [0.05, 0.1) is 12.3 Å². The van der Waals surface area contributed by atoms with E-state index in [1.807, 2.05) is 18.4 Å². The molecule has 2 aromatic rings. The molecule has 0 aliphatic heterocycles. The Kier molecular flexibility index (Phi) is 4.02. The van der Waals surface area contributed by atoms with Gasteiger partial charge in [0.2, 0.25) is 0 Å². The summed E-state index contributed by atoms with van der Waals surface area (Å²) in [7, 11) is 0. The van der Waals surface area contributed by atoms with Gasteiger partial charge in [0.25, 0.3) is 0 Å². The largest absolute Gasteiger partial charge is 0.491 e. The van der Waals surface area contributed by atoms with Gasteiger partial charge in [0.1, 0.15) is 5.01 Å². The number of halogens is 1. The van der Waals surface area contributed by atoms with E-state index < -0.39 is 0 Å².